The highest BCUT2D eigenvalue weighted by molar-refractivity contribution is 5.84. The molecule has 0 saturated heterocycles. The van der Waals surface area contributed by atoms with Crippen LogP contribution in [0.1, 0.15) is 17.5 Å². The molecule has 5 nitrogen and oxygen atoms in total. The van der Waals surface area contributed by atoms with Gasteiger partial charge in [-0.25, -0.2) is 0 Å². The van der Waals surface area contributed by atoms with E-state index < -0.39 is 0 Å². The lowest BCUT2D eigenvalue weighted by atomic mass is 10.0. The second-order valence-electron chi connectivity index (χ2n) is 6.50. The highest BCUT2D eigenvalue weighted by Crippen LogP contribution is 2.23. The zero-order valence-corrected chi connectivity index (χ0v) is 15.0. The summed E-state index contributed by atoms with van der Waals surface area (Å²) in [5.74, 6) is 0. The quantitative estimate of drug-likeness (QED) is 0.308. The van der Waals surface area contributed by atoms with Gasteiger partial charge in [-0.2, -0.15) is 9.83 Å². The normalized spacial score (nSPS) is 11.1. The number of H-pyrrole nitrogens is 1. The Balaban J connectivity index is 1.43. The third-order valence-electron chi connectivity index (χ3n) is 4.64. The molecule has 1 N–H and O–H groups in total. The number of benzene rings is 2. The van der Waals surface area contributed by atoms with Crippen LogP contribution in [-0.4, -0.2) is 16.8 Å². The van der Waals surface area contributed by atoms with Gasteiger partial charge in [-0.1, -0.05) is 36.4 Å². The van der Waals surface area contributed by atoms with Crippen molar-refractivity contribution in [2.45, 2.75) is 19.4 Å². The van der Waals surface area contributed by atoms with Crippen LogP contribution in [0.2, 0.25) is 0 Å². The molecule has 0 aliphatic carbocycles. The molecule has 0 fully saturated rings. The molecule has 0 saturated carbocycles. The predicted octanol–water partition coefficient (Wildman–Crippen LogP) is 4.01. The van der Waals surface area contributed by atoms with Crippen molar-refractivity contribution in [1.82, 2.24) is 10.2 Å². The minimum Gasteiger partial charge on any atom is -0.618 e. The molecule has 0 radical (unpaired) electrons. The van der Waals surface area contributed by atoms with E-state index in [0.29, 0.717) is 18.7 Å². The smallest absolute Gasteiger partial charge is 0.224 e. The first kappa shape index (κ1) is 17.2. The summed E-state index contributed by atoms with van der Waals surface area (Å²) in [6.45, 7) is 1.32. The topological polar surface area (TPSA) is 64.8 Å². The lowest BCUT2D eigenvalue weighted by molar-refractivity contribution is -0.577. The number of ether oxygens (including phenoxy) is 1. The van der Waals surface area contributed by atoms with Crippen LogP contribution in [0.3, 0.4) is 0 Å². The number of hydrogen-bond donors (Lipinski definition) is 1. The van der Waals surface area contributed by atoms with Crippen molar-refractivity contribution < 1.29 is 9.47 Å². The molecule has 0 amide bonds. The third-order valence-corrected chi connectivity index (χ3v) is 4.64. The van der Waals surface area contributed by atoms with Gasteiger partial charge in [-0.05, 0) is 36.1 Å². The summed E-state index contributed by atoms with van der Waals surface area (Å²) in [6.07, 6.45) is 5.13. The minimum atomic E-state index is 0.629. The second kappa shape index (κ2) is 8.01. The SMILES string of the molecule is [O-][n+]1ccc(CCCOCc2ccccc2)c2ccc(-c3cc[nH]n3)cc21. The van der Waals surface area contributed by atoms with Gasteiger partial charge >= 0.3 is 0 Å². The molecule has 2 aromatic carbocycles. The third kappa shape index (κ3) is 3.99. The molecule has 4 aromatic rings. The second-order valence-corrected chi connectivity index (χ2v) is 6.50. The molecule has 0 bridgehead atoms. The van der Waals surface area contributed by atoms with Gasteiger partial charge in [-0.15, -0.1) is 0 Å². The molecule has 0 atom stereocenters. The summed E-state index contributed by atoms with van der Waals surface area (Å²) < 4.78 is 6.68. The highest BCUT2D eigenvalue weighted by Gasteiger charge is 2.11. The predicted molar refractivity (Wildman–Crippen MR) is 105 cm³/mol. The Morgan fingerprint density at radius 3 is 2.74 bits per heavy atom. The van der Waals surface area contributed by atoms with Crippen molar-refractivity contribution in [3.05, 3.63) is 89.4 Å². The van der Waals surface area contributed by atoms with E-state index in [1.807, 2.05) is 48.5 Å². The standard InChI is InChI=1S/C22H21N3O2/c26-25-13-11-18(7-4-14-27-16-17-5-2-1-3-6-17)20-9-8-19(15-22(20)25)21-10-12-23-24-21/h1-3,5-6,8-13,15H,4,7,14,16H2,(H,23,24). The highest BCUT2D eigenvalue weighted by atomic mass is 16.5. The average Bonchev–Trinajstić information content (AvgIpc) is 3.25. The van der Waals surface area contributed by atoms with Crippen LogP contribution < -0.4 is 4.73 Å². The first-order valence-corrected chi connectivity index (χ1v) is 9.08. The number of fused-ring (bicyclic) bond motifs is 1. The molecule has 0 aliphatic rings. The van der Waals surface area contributed by atoms with E-state index in [0.717, 1.165) is 39.8 Å². The van der Waals surface area contributed by atoms with Crippen LogP contribution in [0.15, 0.2) is 73.1 Å². The maximum Gasteiger partial charge on any atom is 0.224 e. The van der Waals surface area contributed by atoms with Gasteiger partial charge in [0, 0.05) is 30.5 Å². The number of aromatic amines is 1. The molecular formula is C22H21N3O2. The van der Waals surface area contributed by atoms with Gasteiger partial charge in [-0.3, -0.25) is 5.10 Å². The van der Waals surface area contributed by atoms with Crippen LogP contribution in [0.25, 0.3) is 22.2 Å². The largest absolute Gasteiger partial charge is 0.618 e. The molecule has 4 rings (SSSR count). The van der Waals surface area contributed by atoms with Crippen molar-refractivity contribution in [1.29, 1.82) is 0 Å². The number of hydrogen-bond acceptors (Lipinski definition) is 3. The lowest BCUT2D eigenvalue weighted by Gasteiger charge is -2.09. The summed E-state index contributed by atoms with van der Waals surface area (Å²) in [6, 6.07) is 19.9. The number of pyridine rings is 1. The van der Waals surface area contributed by atoms with Crippen molar-refractivity contribution >= 4 is 10.9 Å². The van der Waals surface area contributed by atoms with Gasteiger partial charge in [0.2, 0.25) is 5.52 Å². The minimum absolute atomic E-state index is 0.629. The van der Waals surface area contributed by atoms with Crippen LogP contribution >= 0.6 is 0 Å². The first-order chi connectivity index (χ1) is 13.3. The fraction of sp³-hybridized carbons (Fsp3) is 0.182. The summed E-state index contributed by atoms with van der Waals surface area (Å²) in [5.41, 5.74) is 4.77. The Morgan fingerprint density at radius 2 is 1.93 bits per heavy atom. The molecule has 2 aromatic heterocycles. The fourth-order valence-electron chi connectivity index (χ4n) is 3.24. The maximum atomic E-state index is 12.2. The van der Waals surface area contributed by atoms with E-state index in [1.54, 1.807) is 12.4 Å². The Labute approximate surface area is 157 Å². The summed E-state index contributed by atoms with van der Waals surface area (Å²) in [7, 11) is 0. The van der Waals surface area contributed by atoms with Gasteiger partial charge in [0.1, 0.15) is 0 Å². The van der Waals surface area contributed by atoms with Crippen LogP contribution in [0.4, 0.5) is 0 Å². The molecule has 2 heterocycles. The van der Waals surface area contributed by atoms with Crippen LogP contribution in [-0.2, 0) is 17.8 Å². The number of rotatable bonds is 7. The molecule has 136 valence electrons. The van der Waals surface area contributed by atoms with Gasteiger partial charge in [0.05, 0.1) is 17.7 Å². The fourth-order valence-corrected chi connectivity index (χ4v) is 3.24. The van der Waals surface area contributed by atoms with Crippen molar-refractivity contribution in [2.75, 3.05) is 6.61 Å². The number of aryl methyl sites for hydroxylation is 1. The van der Waals surface area contributed by atoms with E-state index in [2.05, 4.69) is 22.3 Å². The molecule has 0 spiro atoms. The molecular weight excluding hydrogens is 338 g/mol. The van der Waals surface area contributed by atoms with E-state index in [4.69, 9.17) is 4.74 Å². The van der Waals surface area contributed by atoms with E-state index in [9.17, 15) is 5.21 Å². The van der Waals surface area contributed by atoms with Crippen molar-refractivity contribution in [2.24, 2.45) is 0 Å². The number of nitrogens with zero attached hydrogens (tertiary/aromatic N) is 2. The van der Waals surface area contributed by atoms with E-state index in [1.165, 1.54) is 5.56 Å². The zero-order valence-electron chi connectivity index (χ0n) is 15.0. The van der Waals surface area contributed by atoms with Crippen molar-refractivity contribution in [3.8, 4) is 11.3 Å². The zero-order chi connectivity index (χ0) is 18.5. The van der Waals surface area contributed by atoms with E-state index >= 15 is 0 Å². The van der Waals surface area contributed by atoms with Gasteiger partial charge < -0.3 is 9.94 Å². The molecule has 27 heavy (non-hydrogen) atoms. The monoisotopic (exact) mass is 359 g/mol. The Bertz CT molecular complexity index is 1010. The lowest BCUT2D eigenvalue weighted by Crippen LogP contribution is -2.26. The summed E-state index contributed by atoms with van der Waals surface area (Å²) in [5, 5.41) is 20.2. The van der Waals surface area contributed by atoms with Crippen molar-refractivity contribution in [3.63, 3.8) is 0 Å². The van der Waals surface area contributed by atoms with Crippen LogP contribution in [0, 0.1) is 5.21 Å². The summed E-state index contributed by atoms with van der Waals surface area (Å²) >= 11 is 0. The molecule has 0 aliphatic heterocycles. The summed E-state index contributed by atoms with van der Waals surface area (Å²) in [4.78, 5) is 0. The first-order valence-electron chi connectivity index (χ1n) is 9.08. The number of nitrogens with one attached hydrogen (secondary N) is 1. The van der Waals surface area contributed by atoms with Gasteiger partial charge in [0.25, 0.3) is 0 Å². The Morgan fingerprint density at radius 1 is 1.04 bits per heavy atom. The van der Waals surface area contributed by atoms with Gasteiger partial charge in [0.15, 0.2) is 6.20 Å². The van der Waals surface area contributed by atoms with Crippen LogP contribution in [0.5, 0.6) is 0 Å². The van der Waals surface area contributed by atoms with E-state index in [-0.39, 0.29) is 0 Å². The maximum absolute atomic E-state index is 12.2. The Hall–Kier alpha value is -3.18. The number of aromatic nitrogens is 3. The average molecular weight is 359 g/mol. The Kier molecular flexibility index (Phi) is 5.12. The molecule has 5 heteroatoms. The molecule has 0 unspecified atom stereocenters.